The Bertz CT molecular complexity index is 1600. The van der Waals surface area contributed by atoms with E-state index in [2.05, 4.69) is 50.5 Å². The van der Waals surface area contributed by atoms with E-state index in [1.165, 1.54) is 0 Å². The van der Waals surface area contributed by atoms with Gasteiger partial charge in [-0.05, 0) is 76.6 Å². The molecule has 218 valence electrons. The molecule has 3 amide bonds. The summed E-state index contributed by atoms with van der Waals surface area (Å²) in [4.78, 5) is 28.1. The topological polar surface area (TPSA) is 70.7 Å². The number of nitrogens with zero attached hydrogens (tertiary/aromatic N) is 1. The van der Waals surface area contributed by atoms with Crippen molar-refractivity contribution >= 4 is 34.1 Å². The molecule has 4 aromatic carbocycles. The molecule has 1 saturated heterocycles. The van der Waals surface area contributed by atoms with Gasteiger partial charge in [-0.25, -0.2) is 4.79 Å². The second-order valence-electron chi connectivity index (χ2n) is 12.1. The Morgan fingerprint density at radius 2 is 1.52 bits per heavy atom. The highest BCUT2D eigenvalue weighted by Crippen LogP contribution is 2.37. The third-order valence-corrected chi connectivity index (χ3v) is 8.01. The van der Waals surface area contributed by atoms with Crippen molar-refractivity contribution in [2.75, 3.05) is 30.8 Å². The van der Waals surface area contributed by atoms with Gasteiger partial charge in [0.15, 0.2) is 0 Å². The minimum atomic E-state index is -0.329. The predicted molar refractivity (Wildman–Crippen MR) is 173 cm³/mol. The molecular weight excluding hydrogens is 522 g/mol. The Morgan fingerprint density at radius 1 is 0.857 bits per heavy atom. The first kappa shape index (κ1) is 29.2. The number of aryl methyl sites for hydroxylation is 1. The van der Waals surface area contributed by atoms with E-state index in [4.69, 9.17) is 4.74 Å². The first-order valence-electron chi connectivity index (χ1n) is 14.9. The van der Waals surface area contributed by atoms with Crippen LogP contribution in [-0.4, -0.2) is 37.0 Å². The highest BCUT2D eigenvalue weighted by atomic mass is 16.5. The third kappa shape index (κ3) is 6.13. The molecule has 0 bridgehead atoms. The molecule has 0 unspecified atom stereocenters. The molecule has 1 heterocycles. The van der Waals surface area contributed by atoms with Crippen molar-refractivity contribution in [1.82, 2.24) is 4.90 Å². The summed E-state index contributed by atoms with van der Waals surface area (Å²) in [7, 11) is 1.65. The quantitative estimate of drug-likeness (QED) is 0.236. The number of fused-ring (bicyclic) bond motifs is 1. The van der Waals surface area contributed by atoms with Gasteiger partial charge in [-0.15, -0.1) is 0 Å². The maximum absolute atomic E-state index is 13.4. The lowest BCUT2D eigenvalue weighted by atomic mass is 9.85. The van der Waals surface area contributed by atoms with Gasteiger partial charge in [0.05, 0.1) is 18.5 Å². The Balaban J connectivity index is 1.41. The van der Waals surface area contributed by atoms with Gasteiger partial charge in [0.1, 0.15) is 5.75 Å². The zero-order valence-corrected chi connectivity index (χ0v) is 25.3. The van der Waals surface area contributed by atoms with E-state index < -0.39 is 0 Å². The van der Waals surface area contributed by atoms with E-state index in [1.807, 2.05) is 65.6 Å². The number of urea groups is 1. The molecule has 4 aromatic rings. The Kier molecular flexibility index (Phi) is 8.53. The van der Waals surface area contributed by atoms with E-state index in [0.29, 0.717) is 22.7 Å². The van der Waals surface area contributed by atoms with Crippen LogP contribution in [0.25, 0.3) is 21.9 Å². The molecule has 1 aliphatic rings. The van der Waals surface area contributed by atoms with E-state index in [0.717, 1.165) is 71.8 Å². The Morgan fingerprint density at radius 3 is 2.17 bits per heavy atom. The number of likely N-dealkylation sites (tertiary alicyclic amines) is 1. The van der Waals surface area contributed by atoms with Crippen LogP contribution in [0.1, 0.15) is 68.4 Å². The van der Waals surface area contributed by atoms with Crippen LogP contribution in [-0.2, 0) is 11.8 Å². The number of hydrogen-bond donors (Lipinski definition) is 2. The van der Waals surface area contributed by atoms with Crippen molar-refractivity contribution in [3.05, 3.63) is 89.5 Å². The first-order valence-corrected chi connectivity index (χ1v) is 14.9. The lowest BCUT2D eigenvalue weighted by Gasteiger charge is -2.24. The number of carbonyl (C=O) groups excluding carboxylic acids is 2. The molecule has 42 heavy (non-hydrogen) atoms. The smallest absolute Gasteiger partial charge is 0.323 e. The van der Waals surface area contributed by atoms with Gasteiger partial charge in [0.2, 0.25) is 0 Å². The summed E-state index contributed by atoms with van der Waals surface area (Å²) in [5.74, 6) is 0.799. The minimum absolute atomic E-state index is 0.0760. The van der Waals surface area contributed by atoms with Crippen molar-refractivity contribution < 1.29 is 14.3 Å². The summed E-state index contributed by atoms with van der Waals surface area (Å²) in [5, 5.41) is 8.09. The maximum Gasteiger partial charge on any atom is 0.323 e. The highest BCUT2D eigenvalue weighted by Gasteiger charge is 2.22. The van der Waals surface area contributed by atoms with Crippen LogP contribution in [0.4, 0.5) is 16.2 Å². The Hall–Kier alpha value is -4.32. The molecule has 2 N–H and O–H groups in total. The summed E-state index contributed by atoms with van der Waals surface area (Å²) < 4.78 is 5.77. The van der Waals surface area contributed by atoms with E-state index in [-0.39, 0.29) is 17.4 Å². The number of rotatable bonds is 7. The number of hydrogen-bond acceptors (Lipinski definition) is 3. The summed E-state index contributed by atoms with van der Waals surface area (Å²) in [6.45, 7) is 10.3. The average molecular weight is 564 g/mol. The van der Waals surface area contributed by atoms with E-state index in [9.17, 15) is 9.59 Å². The van der Waals surface area contributed by atoms with Crippen molar-refractivity contribution in [3.8, 4) is 16.9 Å². The number of benzene rings is 4. The number of carbonyl (C=O) groups is 2. The number of nitrogens with one attached hydrogen (secondary N) is 2. The maximum atomic E-state index is 13.4. The van der Waals surface area contributed by atoms with Crippen LogP contribution in [0.3, 0.4) is 0 Å². The fourth-order valence-electron chi connectivity index (χ4n) is 5.74. The highest BCUT2D eigenvalue weighted by molar-refractivity contribution is 6.10. The summed E-state index contributed by atoms with van der Waals surface area (Å²) in [6, 6.07) is 23.7. The van der Waals surface area contributed by atoms with Gasteiger partial charge in [0.25, 0.3) is 5.91 Å². The molecule has 1 aliphatic heterocycles. The number of ether oxygens (including phenoxy) is 1. The zero-order chi connectivity index (χ0) is 29.9. The van der Waals surface area contributed by atoms with Gasteiger partial charge in [0, 0.05) is 24.0 Å². The number of methoxy groups -OCH3 is 1. The van der Waals surface area contributed by atoms with E-state index >= 15 is 0 Å². The van der Waals surface area contributed by atoms with Crippen LogP contribution >= 0.6 is 0 Å². The molecule has 0 atom stereocenters. The molecule has 6 heteroatoms. The summed E-state index contributed by atoms with van der Waals surface area (Å²) in [5.41, 5.74) is 6.31. The van der Waals surface area contributed by atoms with Crippen molar-refractivity contribution in [2.24, 2.45) is 0 Å². The predicted octanol–water partition coefficient (Wildman–Crippen LogP) is 8.65. The molecule has 0 aromatic heterocycles. The third-order valence-electron chi connectivity index (χ3n) is 8.01. The molecule has 1 fully saturated rings. The molecular formula is C36H41N3O3. The number of anilines is 2. The van der Waals surface area contributed by atoms with Gasteiger partial charge < -0.3 is 20.3 Å². The van der Waals surface area contributed by atoms with Crippen LogP contribution in [0.2, 0.25) is 0 Å². The largest absolute Gasteiger partial charge is 0.494 e. The molecule has 5 rings (SSSR count). The Labute approximate surface area is 249 Å². The molecule has 0 radical (unpaired) electrons. The SMILES string of the molecule is CCCc1cc(C(C)(C)C)cc(NC(=O)Nc2ccc(-c3ccc(C(=O)N4CCCC4)cc3)c3ccccc23)c1OC. The van der Waals surface area contributed by atoms with Crippen LogP contribution < -0.4 is 15.4 Å². The summed E-state index contributed by atoms with van der Waals surface area (Å²) in [6.07, 6.45) is 3.99. The summed E-state index contributed by atoms with van der Waals surface area (Å²) >= 11 is 0. The van der Waals surface area contributed by atoms with Gasteiger partial charge in [-0.1, -0.05) is 82.6 Å². The van der Waals surface area contributed by atoms with Crippen molar-refractivity contribution in [1.29, 1.82) is 0 Å². The standard InChI is InChI=1S/C36H41N3O3/c1-6-11-26-22-27(36(2,3)4)23-32(33(26)42-5)38-35(41)37-31-19-18-28(29-12-7-8-13-30(29)31)24-14-16-25(17-15-24)34(40)39-20-9-10-21-39/h7-8,12-19,22-23H,6,9-11,20-21H2,1-5H3,(H2,37,38,41). The monoisotopic (exact) mass is 563 g/mol. The van der Waals surface area contributed by atoms with Gasteiger partial charge in [-0.3, -0.25) is 4.79 Å². The lowest BCUT2D eigenvalue weighted by molar-refractivity contribution is 0.0793. The second-order valence-corrected chi connectivity index (χ2v) is 12.1. The van der Waals surface area contributed by atoms with Crippen molar-refractivity contribution in [3.63, 3.8) is 0 Å². The molecule has 0 spiro atoms. The zero-order valence-electron chi connectivity index (χ0n) is 25.3. The van der Waals surface area contributed by atoms with Crippen LogP contribution in [0.5, 0.6) is 5.75 Å². The minimum Gasteiger partial charge on any atom is -0.494 e. The number of amides is 3. The fraction of sp³-hybridized carbons (Fsp3) is 0.333. The normalized spacial score (nSPS) is 13.3. The molecule has 6 nitrogen and oxygen atoms in total. The van der Waals surface area contributed by atoms with Crippen LogP contribution in [0, 0.1) is 0 Å². The van der Waals surface area contributed by atoms with E-state index in [1.54, 1.807) is 7.11 Å². The van der Waals surface area contributed by atoms with Crippen molar-refractivity contribution in [2.45, 2.75) is 58.8 Å². The van der Waals surface area contributed by atoms with Gasteiger partial charge in [-0.2, -0.15) is 0 Å². The second kappa shape index (κ2) is 12.3. The first-order chi connectivity index (χ1) is 20.2. The lowest BCUT2D eigenvalue weighted by Crippen LogP contribution is -2.27. The average Bonchev–Trinajstić information content (AvgIpc) is 3.52. The fourth-order valence-corrected chi connectivity index (χ4v) is 5.74. The molecule has 0 aliphatic carbocycles. The molecule has 0 saturated carbocycles. The van der Waals surface area contributed by atoms with Crippen LogP contribution in [0.15, 0.2) is 72.8 Å². The van der Waals surface area contributed by atoms with Gasteiger partial charge >= 0.3 is 6.03 Å².